The van der Waals surface area contributed by atoms with Crippen molar-refractivity contribution in [3.63, 3.8) is 0 Å². The average molecular weight is 267 g/mol. The van der Waals surface area contributed by atoms with Gasteiger partial charge in [-0.15, -0.1) is 0 Å². The lowest BCUT2D eigenvalue weighted by Gasteiger charge is -2.22. The normalized spacial score (nSPS) is 12.0. The molecule has 0 aromatic carbocycles. The van der Waals surface area contributed by atoms with Gasteiger partial charge in [0.2, 0.25) is 15.9 Å². The summed E-state index contributed by atoms with van der Waals surface area (Å²) in [6, 6.07) is 0. The predicted molar refractivity (Wildman–Crippen MR) is 66.2 cm³/mol. The van der Waals surface area contributed by atoms with E-state index in [-0.39, 0.29) is 24.0 Å². The first kappa shape index (κ1) is 15.3. The van der Waals surface area contributed by atoms with E-state index in [1.165, 1.54) is 0 Å². The molecule has 0 fully saturated rings. The van der Waals surface area contributed by atoms with Crippen molar-refractivity contribution in [2.24, 2.45) is 17.4 Å². The molecule has 6 nitrogen and oxygen atoms in total. The van der Waals surface area contributed by atoms with Gasteiger partial charge in [0, 0.05) is 6.54 Å². The number of rotatable bonds is 7. The third-order valence-electron chi connectivity index (χ3n) is 1.62. The molecule has 0 aliphatic heterocycles. The summed E-state index contributed by atoms with van der Waals surface area (Å²) in [5.41, 5.74) is 10.2. The number of thiocarbonyl (C=S) groups is 1. The molecule has 0 rings (SSSR count). The molecule has 0 aliphatic carbocycles. The third-order valence-corrected chi connectivity index (χ3v) is 3.69. The second kappa shape index (κ2) is 6.12. The highest BCUT2D eigenvalue weighted by Crippen LogP contribution is 2.06. The van der Waals surface area contributed by atoms with E-state index in [1.807, 2.05) is 13.8 Å². The average Bonchev–Trinajstić information content (AvgIpc) is 1.98. The van der Waals surface area contributed by atoms with E-state index in [0.717, 1.165) is 4.31 Å². The molecule has 0 unspecified atom stereocenters. The zero-order valence-electron chi connectivity index (χ0n) is 9.34. The number of amides is 1. The summed E-state index contributed by atoms with van der Waals surface area (Å²) >= 11 is 4.55. The van der Waals surface area contributed by atoms with Crippen LogP contribution in [0.4, 0.5) is 0 Å². The first-order chi connectivity index (χ1) is 7.15. The molecule has 0 radical (unpaired) electrons. The molecule has 0 aliphatic rings. The number of nitrogens with two attached hydrogens (primary N) is 2. The first-order valence-corrected chi connectivity index (χ1v) is 6.71. The highest BCUT2D eigenvalue weighted by Gasteiger charge is 2.25. The molecular weight excluding hydrogens is 250 g/mol. The summed E-state index contributed by atoms with van der Waals surface area (Å²) in [4.78, 5) is 10.6. The van der Waals surface area contributed by atoms with Gasteiger partial charge in [0.25, 0.3) is 0 Å². The molecule has 0 bridgehead atoms. The van der Waals surface area contributed by atoms with Crippen LogP contribution in [0, 0.1) is 5.92 Å². The van der Waals surface area contributed by atoms with Crippen LogP contribution in [0.2, 0.25) is 0 Å². The van der Waals surface area contributed by atoms with Crippen molar-refractivity contribution in [1.82, 2.24) is 4.31 Å². The standard InChI is InChI=1S/C8H17N3O3S2/c1-6(2)3-11(4-7(9)12)16(13,14)5-8(10)15/h6H,3-5H2,1-2H3,(H2,9,12)(H2,10,15). The molecule has 0 aromatic rings. The van der Waals surface area contributed by atoms with Crippen molar-refractivity contribution < 1.29 is 13.2 Å². The van der Waals surface area contributed by atoms with Gasteiger partial charge in [-0.2, -0.15) is 4.31 Å². The fourth-order valence-electron chi connectivity index (χ4n) is 1.13. The third kappa shape index (κ3) is 5.99. The monoisotopic (exact) mass is 267 g/mol. The fourth-order valence-corrected chi connectivity index (χ4v) is 2.97. The zero-order valence-corrected chi connectivity index (χ0v) is 11.0. The number of nitrogens with zero attached hydrogens (tertiary/aromatic N) is 1. The fraction of sp³-hybridized carbons (Fsp3) is 0.750. The van der Waals surface area contributed by atoms with Crippen LogP contribution in [0.5, 0.6) is 0 Å². The van der Waals surface area contributed by atoms with Gasteiger partial charge in [0.15, 0.2) is 0 Å². The van der Waals surface area contributed by atoms with E-state index in [0.29, 0.717) is 0 Å². The number of carbonyl (C=O) groups is 1. The maximum atomic E-state index is 11.8. The summed E-state index contributed by atoms with van der Waals surface area (Å²) in [6.45, 7) is 3.55. The van der Waals surface area contributed by atoms with E-state index < -0.39 is 21.7 Å². The Morgan fingerprint density at radius 1 is 1.38 bits per heavy atom. The first-order valence-electron chi connectivity index (χ1n) is 4.69. The molecule has 8 heteroatoms. The van der Waals surface area contributed by atoms with Gasteiger partial charge >= 0.3 is 0 Å². The molecule has 4 N–H and O–H groups in total. The smallest absolute Gasteiger partial charge is 0.232 e. The molecule has 0 heterocycles. The van der Waals surface area contributed by atoms with Gasteiger partial charge < -0.3 is 11.5 Å². The van der Waals surface area contributed by atoms with E-state index in [1.54, 1.807) is 0 Å². The maximum absolute atomic E-state index is 11.8. The molecule has 0 aromatic heterocycles. The molecule has 0 spiro atoms. The van der Waals surface area contributed by atoms with Crippen LogP contribution < -0.4 is 11.5 Å². The highest BCUT2D eigenvalue weighted by molar-refractivity contribution is 7.92. The van der Waals surface area contributed by atoms with E-state index in [2.05, 4.69) is 12.2 Å². The Balaban J connectivity index is 4.86. The van der Waals surface area contributed by atoms with Crippen LogP contribution in [-0.4, -0.2) is 42.5 Å². The zero-order chi connectivity index (χ0) is 12.9. The van der Waals surface area contributed by atoms with Crippen molar-refractivity contribution in [1.29, 1.82) is 0 Å². The van der Waals surface area contributed by atoms with E-state index in [4.69, 9.17) is 11.5 Å². The van der Waals surface area contributed by atoms with Crippen molar-refractivity contribution in [2.45, 2.75) is 13.8 Å². The Hall–Kier alpha value is -0.730. The summed E-state index contributed by atoms with van der Waals surface area (Å²) in [5.74, 6) is -1.06. The van der Waals surface area contributed by atoms with Crippen LogP contribution >= 0.6 is 12.2 Å². The van der Waals surface area contributed by atoms with Crippen LogP contribution in [0.3, 0.4) is 0 Å². The number of carbonyl (C=O) groups excluding carboxylic acids is 1. The highest BCUT2D eigenvalue weighted by atomic mass is 32.2. The van der Waals surface area contributed by atoms with Gasteiger partial charge in [0.1, 0.15) is 5.75 Å². The van der Waals surface area contributed by atoms with E-state index in [9.17, 15) is 13.2 Å². The molecule has 94 valence electrons. The summed E-state index contributed by atoms with van der Waals surface area (Å²) in [5, 5.41) is 0. The Bertz CT molecular complexity index is 365. The lowest BCUT2D eigenvalue weighted by Crippen LogP contribution is -2.43. The van der Waals surface area contributed by atoms with Crippen molar-refractivity contribution >= 4 is 33.1 Å². The summed E-state index contributed by atoms with van der Waals surface area (Å²) in [7, 11) is -3.65. The molecule has 16 heavy (non-hydrogen) atoms. The van der Waals surface area contributed by atoms with Gasteiger partial charge in [-0.25, -0.2) is 8.42 Å². The van der Waals surface area contributed by atoms with E-state index >= 15 is 0 Å². The number of primary amides is 1. The Kier molecular flexibility index (Phi) is 5.84. The maximum Gasteiger partial charge on any atom is 0.232 e. The second-order valence-corrected chi connectivity index (χ2v) is 6.37. The van der Waals surface area contributed by atoms with Crippen LogP contribution in [0.25, 0.3) is 0 Å². The summed E-state index contributed by atoms with van der Waals surface area (Å²) < 4.78 is 24.5. The van der Waals surface area contributed by atoms with Crippen molar-refractivity contribution in [3.8, 4) is 0 Å². The minimum Gasteiger partial charge on any atom is -0.392 e. The Morgan fingerprint density at radius 3 is 2.19 bits per heavy atom. The molecule has 0 saturated heterocycles. The molecular formula is C8H17N3O3S2. The number of sulfonamides is 1. The lowest BCUT2D eigenvalue weighted by molar-refractivity contribution is -0.118. The van der Waals surface area contributed by atoms with Gasteiger partial charge in [0.05, 0.1) is 11.5 Å². The Morgan fingerprint density at radius 2 is 1.88 bits per heavy atom. The minimum absolute atomic E-state index is 0.0838. The molecule has 1 amide bonds. The largest absolute Gasteiger partial charge is 0.392 e. The van der Waals surface area contributed by atoms with Gasteiger partial charge in [-0.3, -0.25) is 4.79 Å². The van der Waals surface area contributed by atoms with Crippen LogP contribution in [-0.2, 0) is 14.8 Å². The van der Waals surface area contributed by atoms with Crippen molar-refractivity contribution in [3.05, 3.63) is 0 Å². The lowest BCUT2D eigenvalue weighted by atomic mass is 10.2. The quantitative estimate of drug-likeness (QED) is 0.578. The van der Waals surface area contributed by atoms with Crippen LogP contribution in [0.15, 0.2) is 0 Å². The Labute approximate surface area is 101 Å². The topological polar surface area (TPSA) is 106 Å². The second-order valence-electron chi connectivity index (χ2n) is 3.88. The minimum atomic E-state index is -3.65. The van der Waals surface area contributed by atoms with Gasteiger partial charge in [-0.1, -0.05) is 26.1 Å². The van der Waals surface area contributed by atoms with Crippen LogP contribution in [0.1, 0.15) is 13.8 Å². The predicted octanol–water partition coefficient (Wildman–Crippen LogP) is -0.954. The van der Waals surface area contributed by atoms with Crippen molar-refractivity contribution in [2.75, 3.05) is 18.8 Å². The SMILES string of the molecule is CC(C)CN(CC(N)=O)S(=O)(=O)CC(N)=S. The van der Waals surface area contributed by atoms with Gasteiger partial charge in [-0.05, 0) is 5.92 Å². The summed E-state index contributed by atoms with van der Waals surface area (Å²) in [6.07, 6.45) is 0. The number of hydrogen-bond acceptors (Lipinski definition) is 4. The molecule has 0 atom stereocenters. The number of hydrogen-bond donors (Lipinski definition) is 2. The molecule has 0 saturated carbocycles.